The fourth-order valence-electron chi connectivity index (χ4n) is 2.59. The third-order valence-electron chi connectivity index (χ3n) is 3.64. The summed E-state index contributed by atoms with van der Waals surface area (Å²) in [4.78, 5) is 8.09. The Bertz CT molecular complexity index is 726. The zero-order valence-electron chi connectivity index (χ0n) is 12.4. The van der Waals surface area contributed by atoms with E-state index >= 15 is 0 Å². The Kier molecular flexibility index (Phi) is 3.94. The smallest absolute Gasteiger partial charge is 0.195 e. The molecule has 3 rings (SSSR count). The topological polar surface area (TPSA) is 46.6 Å². The molecule has 21 heavy (non-hydrogen) atoms. The van der Waals surface area contributed by atoms with E-state index in [2.05, 4.69) is 59.0 Å². The van der Waals surface area contributed by atoms with Gasteiger partial charge in [-0.15, -0.1) is 11.3 Å². The molecule has 0 aliphatic rings. The maximum atomic E-state index is 5.79. The highest BCUT2D eigenvalue weighted by molar-refractivity contribution is 7.15. The fraction of sp³-hybridized carbons (Fsp3) is 0.312. The zero-order chi connectivity index (χ0) is 14.8. The van der Waals surface area contributed by atoms with Gasteiger partial charge in [0.05, 0.1) is 5.69 Å². The molecule has 0 aliphatic carbocycles. The first kappa shape index (κ1) is 14.1. The van der Waals surface area contributed by atoms with Gasteiger partial charge in [0.25, 0.3) is 0 Å². The van der Waals surface area contributed by atoms with Crippen molar-refractivity contribution < 1.29 is 0 Å². The molecule has 0 bridgehead atoms. The molecule has 2 aromatic heterocycles. The van der Waals surface area contributed by atoms with Crippen molar-refractivity contribution >= 4 is 27.8 Å². The maximum Gasteiger partial charge on any atom is 0.195 e. The van der Waals surface area contributed by atoms with Crippen molar-refractivity contribution in [1.29, 1.82) is 0 Å². The van der Waals surface area contributed by atoms with Crippen LogP contribution in [0, 0.1) is 6.92 Å². The number of anilines is 2. The Labute approximate surface area is 128 Å². The van der Waals surface area contributed by atoms with Gasteiger partial charge in [-0.25, -0.2) is 4.98 Å². The molecule has 0 aliphatic heterocycles. The van der Waals surface area contributed by atoms with Gasteiger partial charge in [-0.3, -0.25) is 4.40 Å². The molecule has 1 aromatic carbocycles. The van der Waals surface area contributed by atoms with E-state index in [1.807, 2.05) is 0 Å². The van der Waals surface area contributed by atoms with Gasteiger partial charge in [0.1, 0.15) is 0 Å². The van der Waals surface area contributed by atoms with Gasteiger partial charge >= 0.3 is 0 Å². The molecule has 0 unspecified atom stereocenters. The monoisotopic (exact) mass is 300 g/mol. The average Bonchev–Trinajstić information content (AvgIpc) is 3.05. The first-order chi connectivity index (χ1) is 10.2. The Morgan fingerprint density at radius 1 is 1.29 bits per heavy atom. The van der Waals surface area contributed by atoms with E-state index in [-0.39, 0.29) is 0 Å². The predicted molar refractivity (Wildman–Crippen MR) is 89.7 cm³/mol. The van der Waals surface area contributed by atoms with E-state index in [1.165, 1.54) is 16.9 Å². The summed E-state index contributed by atoms with van der Waals surface area (Å²) in [6.45, 7) is 5.76. The van der Waals surface area contributed by atoms with Crippen molar-refractivity contribution in [2.45, 2.75) is 20.3 Å². The number of hydrogen-bond acceptors (Lipinski definition) is 4. The summed E-state index contributed by atoms with van der Waals surface area (Å²) >= 11 is 1.66. The molecule has 0 amide bonds. The van der Waals surface area contributed by atoms with Gasteiger partial charge in [-0.2, -0.15) is 0 Å². The molecule has 110 valence electrons. The van der Waals surface area contributed by atoms with E-state index in [9.17, 15) is 0 Å². The van der Waals surface area contributed by atoms with Crippen LogP contribution in [0.25, 0.3) is 4.96 Å². The number of benzene rings is 1. The van der Waals surface area contributed by atoms with Gasteiger partial charge in [-0.1, -0.05) is 17.7 Å². The molecule has 0 saturated heterocycles. The number of hydrogen-bond donors (Lipinski definition) is 1. The Balaban J connectivity index is 2.09. The van der Waals surface area contributed by atoms with Crippen LogP contribution < -0.4 is 10.6 Å². The van der Waals surface area contributed by atoms with Gasteiger partial charge in [0, 0.05) is 30.2 Å². The first-order valence-corrected chi connectivity index (χ1v) is 8.11. The van der Waals surface area contributed by atoms with Crippen LogP contribution in [-0.4, -0.2) is 22.5 Å². The standard InChI is InChI=1S/C16H20N4S/c1-3-19(13-6-4-12(2)5-7-13)15-14(8-9-17)20-10-11-21-16(20)18-15/h4-7,10-11H,3,8-9,17H2,1-2H3. The first-order valence-electron chi connectivity index (χ1n) is 7.23. The minimum atomic E-state index is 0.627. The summed E-state index contributed by atoms with van der Waals surface area (Å²) in [6, 6.07) is 8.58. The van der Waals surface area contributed by atoms with E-state index in [0.717, 1.165) is 23.7 Å². The molecule has 0 saturated carbocycles. The quantitative estimate of drug-likeness (QED) is 0.786. The zero-order valence-corrected chi connectivity index (χ0v) is 13.2. The molecule has 2 heterocycles. The summed E-state index contributed by atoms with van der Waals surface area (Å²) in [7, 11) is 0. The third kappa shape index (κ3) is 2.54. The van der Waals surface area contributed by atoms with E-state index in [1.54, 1.807) is 11.3 Å². The molecular formula is C16H20N4S. The van der Waals surface area contributed by atoms with Crippen LogP contribution in [0.1, 0.15) is 18.2 Å². The fourth-order valence-corrected chi connectivity index (χ4v) is 3.31. The molecule has 4 nitrogen and oxygen atoms in total. The number of aromatic nitrogens is 2. The number of thiazole rings is 1. The van der Waals surface area contributed by atoms with Crippen LogP contribution in [-0.2, 0) is 6.42 Å². The van der Waals surface area contributed by atoms with Crippen molar-refractivity contribution in [3.8, 4) is 0 Å². The maximum absolute atomic E-state index is 5.79. The Morgan fingerprint density at radius 3 is 2.71 bits per heavy atom. The van der Waals surface area contributed by atoms with E-state index in [4.69, 9.17) is 10.7 Å². The highest BCUT2D eigenvalue weighted by atomic mass is 32.1. The number of nitrogens with two attached hydrogens (primary N) is 1. The summed E-state index contributed by atoms with van der Waals surface area (Å²) in [5, 5.41) is 2.06. The number of fused-ring (bicyclic) bond motifs is 1. The minimum absolute atomic E-state index is 0.627. The molecule has 5 heteroatoms. The lowest BCUT2D eigenvalue weighted by Gasteiger charge is -2.22. The summed E-state index contributed by atoms with van der Waals surface area (Å²) in [5.74, 6) is 1.03. The van der Waals surface area contributed by atoms with E-state index < -0.39 is 0 Å². The Morgan fingerprint density at radius 2 is 2.05 bits per heavy atom. The van der Waals surface area contributed by atoms with Crippen LogP contribution in [0.15, 0.2) is 35.8 Å². The molecule has 0 spiro atoms. The second kappa shape index (κ2) is 5.87. The summed E-state index contributed by atoms with van der Waals surface area (Å²) in [6.07, 6.45) is 2.90. The summed E-state index contributed by atoms with van der Waals surface area (Å²) < 4.78 is 2.16. The molecule has 0 fully saturated rings. The molecular weight excluding hydrogens is 280 g/mol. The summed E-state index contributed by atoms with van der Waals surface area (Å²) in [5.41, 5.74) is 9.42. The lowest BCUT2D eigenvalue weighted by atomic mass is 10.2. The average molecular weight is 300 g/mol. The van der Waals surface area contributed by atoms with Crippen molar-refractivity contribution in [2.24, 2.45) is 5.73 Å². The SMILES string of the molecule is CCN(c1ccc(C)cc1)c1nc2sccn2c1CCN. The van der Waals surface area contributed by atoms with Gasteiger partial charge < -0.3 is 10.6 Å². The second-order valence-corrected chi connectivity index (χ2v) is 5.93. The minimum Gasteiger partial charge on any atom is -0.330 e. The molecule has 2 N–H and O–H groups in total. The normalized spacial score (nSPS) is 11.2. The van der Waals surface area contributed by atoms with Crippen LogP contribution in [0.4, 0.5) is 11.5 Å². The van der Waals surface area contributed by atoms with Gasteiger partial charge in [0.15, 0.2) is 10.8 Å². The van der Waals surface area contributed by atoms with Crippen molar-refractivity contribution in [1.82, 2.24) is 9.38 Å². The number of nitrogens with zero attached hydrogens (tertiary/aromatic N) is 3. The number of imidazole rings is 1. The van der Waals surface area contributed by atoms with Crippen LogP contribution in [0.2, 0.25) is 0 Å². The largest absolute Gasteiger partial charge is 0.330 e. The predicted octanol–water partition coefficient (Wildman–Crippen LogP) is 3.36. The van der Waals surface area contributed by atoms with E-state index in [0.29, 0.717) is 6.54 Å². The number of aryl methyl sites for hydroxylation is 1. The lowest BCUT2D eigenvalue weighted by molar-refractivity contribution is 0.890. The molecule has 0 radical (unpaired) electrons. The van der Waals surface area contributed by atoms with Crippen molar-refractivity contribution in [3.63, 3.8) is 0 Å². The van der Waals surface area contributed by atoms with Crippen LogP contribution in [0.5, 0.6) is 0 Å². The lowest BCUT2D eigenvalue weighted by Crippen LogP contribution is -2.19. The third-order valence-corrected chi connectivity index (χ3v) is 4.40. The van der Waals surface area contributed by atoms with Gasteiger partial charge in [0.2, 0.25) is 0 Å². The van der Waals surface area contributed by atoms with Crippen molar-refractivity contribution in [3.05, 3.63) is 47.1 Å². The van der Waals surface area contributed by atoms with Crippen molar-refractivity contribution in [2.75, 3.05) is 18.0 Å². The highest BCUT2D eigenvalue weighted by Crippen LogP contribution is 2.30. The van der Waals surface area contributed by atoms with Crippen LogP contribution in [0.3, 0.4) is 0 Å². The Hall–Kier alpha value is -1.85. The number of rotatable bonds is 5. The second-order valence-electron chi connectivity index (χ2n) is 5.06. The molecule has 0 atom stereocenters. The molecule has 3 aromatic rings. The van der Waals surface area contributed by atoms with Crippen LogP contribution >= 0.6 is 11.3 Å². The van der Waals surface area contributed by atoms with Gasteiger partial charge in [-0.05, 0) is 32.5 Å². The highest BCUT2D eigenvalue weighted by Gasteiger charge is 2.18.